The summed E-state index contributed by atoms with van der Waals surface area (Å²) in [6, 6.07) is 9.71. The van der Waals surface area contributed by atoms with Crippen LogP contribution < -0.4 is 15.4 Å². The fourth-order valence-corrected chi connectivity index (χ4v) is 3.55. The SMILES string of the molecule is CNC(C)CNC(=O)c1ccc(NS(=O)(=O)c2ccc(F)cc2C)cc1.Cl. The summed E-state index contributed by atoms with van der Waals surface area (Å²) in [4.78, 5) is 12.0. The molecule has 148 valence electrons. The Balaban J connectivity index is 0.00000364. The summed E-state index contributed by atoms with van der Waals surface area (Å²) in [6.07, 6.45) is 0. The highest BCUT2D eigenvalue weighted by molar-refractivity contribution is 7.92. The van der Waals surface area contributed by atoms with Crippen molar-refractivity contribution in [2.45, 2.75) is 24.8 Å². The van der Waals surface area contributed by atoms with Gasteiger partial charge in [-0.05, 0) is 68.9 Å². The summed E-state index contributed by atoms with van der Waals surface area (Å²) in [5, 5.41) is 5.80. The van der Waals surface area contributed by atoms with Crippen molar-refractivity contribution in [2.24, 2.45) is 0 Å². The Morgan fingerprint density at radius 2 is 1.78 bits per heavy atom. The Bertz CT molecular complexity index is 889. The molecule has 3 N–H and O–H groups in total. The Hall–Kier alpha value is -2.16. The number of anilines is 1. The lowest BCUT2D eigenvalue weighted by atomic mass is 10.2. The van der Waals surface area contributed by atoms with Gasteiger partial charge in [-0.2, -0.15) is 0 Å². The molecular formula is C18H23ClFN3O3S. The molecule has 0 aliphatic heterocycles. The molecule has 0 spiro atoms. The van der Waals surface area contributed by atoms with E-state index in [1.165, 1.54) is 37.3 Å². The Morgan fingerprint density at radius 1 is 1.15 bits per heavy atom. The van der Waals surface area contributed by atoms with Gasteiger partial charge in [0.25, 0.3) is 15.9 Å². The van der Waals surface area contributed by atoms with Crippen molar-refractivity contribution in [3.8, 4) is 0 Å². The van der Waals surface area contributed by atoms with Gasteiger partial charge in [-0.3, -0.25) is 9.52 Å². The Morgan fingerprint density at radius 3 is 2.33 bits per heavy atom. The van der Waals surface area contributed by atoms with Crippen LogP contribution in [0.1, 0.15) is 22.8 Å². The monoisotopic (exact) mass is 415 g/mol. The molecule has 1 unspecified atom stereocenters. The van der Waals surface area contributed by atoms with Crippen molar-refractivity contribution < 1.29 is 17.6 Å². The van der Waals surface area contributed by atoms with Crippen LogP contribution >= 0.6 is 12.4 Å². The zero-order valence-corrected chi connectivity index (χ0v) is 16.9. The second-order valence-corrected chi connectivity index (χ2v) is 7.64. The first kappa shape index (κ1) is 22.9. The minimum atomic E-state index is -3.84. The smallest absolute Gasteiger partial charge is 0.262 e. The molecule has 0 saturated heterocycles. The third-order valence-electron chi connectivity index (χ3n) is 3.89. The number of amides is 1. The number of carbonyl (C=O) groups excluding carboxylic acids is 1. The van der Waals surface area contributed by atoms with Crippen molar-refractivity contribution in [3.05, 3.63) is 59.4 Å². The lowest BCUT2D eigenvalue weighted by Crippen LogP contribution is -2.37. The van der Waals surface area contributed by atoms with E-state index >= 15 is 0 Å². The molecule has 27 heavy (non-hydrogen) atoms. The molecule has 0 aliphatic rings. The minimum absolute atomic E-state index is 0. The van der Waals surface area contributed by atoms with Crippen molar-refractivity contribution in [1.82, 2.24) is 10.6 Å². The van der Waals surface area contributed by atoms with Crippen LogP contribution in [0.5, 0.6) is 0 Å². The molecule has 0 fully saturated rings. The van der Waals surface area contributed by atoms with E-state index in [0.29, 0.717) is 23.4 Å². The summed E-state index contributed by atoms with van der Waals surface area (Å²) in [5.74, 6) is -0.736. The maximum atomic E-state index is 13.2. The molecule has 0 bridgehead atoms. The number of benzene rings is 2. The van der Waals surface area contributed by atoms with Gasteiger partial charge in [0.15, 0.2) is 0 Å². The predicted octanol–water partition coefficient (Wildman–Crippen LogP) is 2.69. The van der Waals surface area contributed by atoms with Gasteiger partial charge < -0.3 is 10.6 Å². The van der Waals surface area contributed by atoms with Crippen molar-refractivity contribution in [3.63, 3.8) is 0 Å². The van der Waals surface area contributed by atoms with E-state index in [-0.39, 0.29) is 29.3 Å². The van der Waals surface area contributed by atoms with Crippen molar-refractivity contribution in [1.29, 1.82) is 0 Å². The molecule has 9 heteroatoms. The molecule has 0 radical (unpaired) electrons. The fourth-order valence-electron chi connectivity index (χ4n) is 2.26. The molecule has 0 aromatic heterocycles. The van der Waals surface area contributed by atoms with Gasteiger partial charge in [-0.15, -0.1) is 12.4 Å². The molecular weight excluding hydrogens is 393 g/mol. The number of hydrogen-bond acceptors (Lipinski definition) is 4. The van der Waals surface area contributed by atoms with Gasteiger partial charge in [-0.25, -0.2) is 12.8 Å². The highest BCUT2D eigenvalue weighted by Crippen LogP contribution is 2.20. The fraction of sp³-hybridized carbons (Fsp3) is 0.278. The molecule has 2 aromatic rings. The number of likely N-dealkylation sites (N-methyl/N-ethyl adjacent to an activating group) is 1. The average Bonchev–Trinajstić information content (AvgIpc) is 2.59. The van der Waals surface area contributed by atoms with E-state index in [0.717, 1.165) is 12.1 Å². The highest BCUT2D eigenvalue weighted by Gasteiger charge is 2.17. The standard InChI is InChI=1S/C18H22FN3O3S.ClH/c1-12-10-15(19)6-9-17(12)26(24,25)22-16-7-4-14(5-8-16)18(23)21-11-13(2)20-3;/h4-10,13,20,22H,11H2,1-3H3,(H,21,23);1H. The van der Waals surface area contributed by atoms with Crippen LogP contribution in [-0.2, 0) is 10.0 Å². The first-order chi connectivity index (χ1) is 12.2. The third kappa shape index (κ3) is 6.20. The summed E-state index contributed by atoms with van der Waals surface area (Å²) >= 11 is 0. The van der Waals surface area contributed by atoms with E-state index in [1.807, 2.05) is 6.92 Å². The number of halogens is 2. The lowest BCUT2D eigenvalue weighted by Gasteiger charge is -2.12. The van der Waals surface area contributed by atoms with Gasteiger partial charge in [-0.1, -0.05) is 0 Å². The van der Waals surface area contributed by atoms with Gasteiger partial charge >= 0.3 is 0 Å². The third-order valence-corrected chi connectivity index (χ3v) is 5.43. The van der Waals surface area contributed by atoms with E-state index < -0.39 is 15.8 Å². The molecule has 1 amide bonds. The zero-order chi connectivity index (χ0) is 19.3. The van der Waals surface area contributed by atoms with E-state index in [1.54, 1.807) is 7.05 Å². The van der Waals surface area contributed by atoms with Crippen LogP contribution in [-0.4, -0.2) is 34.0 Å². The van der Waals surface area contributed by atoms with E-state index in [4.69, 9.17) is 0 Å². The summed E-state index contributed by atoms with van der Waals surface area (Å²) in [6.45, 7) is 3.94. The zero-order valence-electron chi connectivity index (χ0n) is 15.2. The van der Waals surface area contributed by atoms with Crippen LogP contribution in [0.25, 0.3) is 0 Å². The van der Waals surface area contributed by atoms with Crippen molar-refractivity contribution >= 4 is 34.0 Å². The average molecular weight is 416 g/mol. The first-order valence-electron chi connectivity index (χ1n) is 8.07. The molecule has 2 aromatic carbocycles. The van der Waals surface area contributed by atoms with Gasteiger partial charge in [0.2, 0.25) is 0 Å². The van der Waals surface area contributed by atoms with Crippen LogP contribution in [0.2, 0.25) is 0 Å². The maximum absolute atomic E-state index is 13.2. The number of carbonyl (C=O) groups is 1. The second kappa shape index (κ2) is 9.68. The van der Waals surface area contributed by atoms with E-state index in [9.17, 15) is 17.6 Å². The molecule has 0 saturated carbocycles. The minimum Gasteiger partial charge on any atom is -0.350 e. The van der Waals surface area contributed by atoms with Gasteiger partial charge in [0.05, 0.1) is 4.90 Å². The normalized spacial score (nSPS) is 12.0. The lowest BCUT2D eigenvalue weighted by molar-refractivity contribution is 0.0950. The predicted molar refractivity (Wildman–Crippen MR) is 106 cm³/mol. The molecule has 0 heterocycles. The molecule has 6 nitrogen and oxygen atoms in total. The van der Waals surface area contributed by atoms with Gasteiger partial charge in [0.1, 0.15) is 5.82 Å². The number of aryl methyl sites for hydroxylation is 1. The number of hydrogen-bond donors (Lipinski definition) is 3. The topological polar surface area (TPSA) is 87.3 Å². The van der Waals surface area contributed by atoms with Gasteiger partial charge in [0, 0.05) is 23.8 Å². The second-order valence-electron chi connectivity index (χ2n) is 5.99. The van der Waals surface area contributed by atoms with E-state index in [2.05, 4.69) is 15.4 Å². The van der Waals surface area contributed by atoms with Crippen LogP contribution in [0.4, 0.5) is 10.1 Å². The van der Waals surface area contributed by atoms with Crippen LogP contribution in [0.3, 0.4) is 0 Å². The highest BCUT2D eigenvalue weighted by atomic mass is 35.5. The molecule has 2 rings (SSSR count). The summed E-state index contributed by atoms with van der Waals surface area (Å²) < 4.78 is 40.5. The Labute approximate surface area is 165 Å². The number of sulfonamides is 1. The largest absolute Gasteiger partial charge is 0.350 e. The molecule has 1 atom stereocenters. The summed E-state index contributed by atoms with van der Waals surface area (Å²) in [7, 11) is -2.04. The summed E-state index contributed by atoms with van der Waals surface area (Å²) in [5.41, 5.74) is 1.05. The molecule has 0 aliphatic carbocycles. The number of rotatable bonds is 7. The number of nitrogens with one attached hydrogen (secondary N) is 3. The van der Waals surface area contributed by atoms with Crippen molar-refractivity contribution in [2.75, 3.05) is 18.3 Å². The quantitative estimate of drug-likeness (QED) is 0.648. The maximum Gasteiger partial charge on any atom is 0.262 e. The first-order valence-corrected chi connectivity index (χ1v) is 9.56. The van der Waals surface area contributed by atoms with Crippen LogP contribution in [0, 0.1) is 12.7 Å². The Kier molecular flexibility index (Phi) is 8.20. The van der Waals surface area contributed by atoms with Crippen LogP contribution in [0.15, 0.2) is 47.4 Å².